The molecule has 1 aliphatic heterocycles. The van der Waals surface area contributed by atoms with E-state index in [9.17, 15) is 4.79 Å². The molecule has 1 saturated heterocycles. The molecule has 0 aromatic carbocycles. The van der Waals surface area contributed by atoms with Crippen LogP contribution in [0.3, 0.4) is 0 Å². The second-order valence-electron chi connectivity index (χ2n) is 6.40. The zero-order valence-corrected chi connectivity index (χ0v) is 13.8. The van der Waals surface area contributed by atoms with Gasteiger partial charge in [0, 0.05) is 19.0 Å². The fourth-order valence-electron chi connectivity index (χ4n) is 2.42. The van der Waals surface area contributed by atoms with Gasteiger partial charge in [-0.15, -0.1) is 0 Å². The quantitative estimate of drug-likeness (QED) is 0.796. The number of ether oxygens (including phenoxy) is 1. The zero-order chi connectivity index (χ0) is 15.6. The minimum atomic E-state index is -0.457. The van der Waals surface area contributed by atoms with Crippen molar-refractivity contribution in [2.45, 2.75) is 52.1 Å². The molecule has 1 aromatic heterocycles. The molecule has 1 aliphatic rings. The van der Waals surface area contributed by atoms with E-state index in [1.54, 1.807) is 11.2 Å². The summed E-state index contributed by atoms with van der Waals surface area (Å²) in [6.07, 6.45) is 2.99. The van der Waals surface area contributed by atoms with Gasteiger partial charge in [-0.25, -0.2) is 14.8 Å². The van der Waals surface area contributed by atoms with Crippen LogP contribution in [0.15, 0.2) is 6.33 Å². The van der Waals surface area contributed by atoms with Gasteiger partial charge >= 0.3 is 6.09 Å². The molecule has 0 bridgehead atoms. The number of carbonyl (C=O) groups is 1. The average molecular weight is 312 g/mol. The topological polar surface area (TPSA) is 55.3 Å². The highest BCUT2D eigenvalue weighted by atomic mass is 35.5. The number of likely N-dealkylation sites (tertiary alicyclic amines) is 1. The van der Waals surface area contributed by atoms with Crippen molar-refractivity contribution in [3.05, 3.63) is 22.7 Å². The lowest BCUT2D eigenvalue weighted by atomic mass is 9.93. The van der Waals surface area contributed by atoms with Crippen LogP contribution in [0.5, 0.6) is 0 Å². The van der Waals surface area contributed by atoms with E-state index >= 15 is 0 Å². The lowest BCUT2D eigenvalue weighted by Crippen LogP contribution is -2.41. The molecule has 1 amide bonds. The first-order valence-electron chi connectivity index (χ1n) is 7.23. The summed E-state index contributed by atoms with van der Waals surface area (Å²) < 4.78 is 5.40. The fourth-order valence-corrected chi connectivity index (χ4v) is 2.67. The second kappa shape index (κ2) is 6.18. The third-order valence-electron chi connectivity index (χ3n) is 3.52. The van der Waals surface area contributed by atoms with Crippen molar-refractivity contribution in [1.82, 2.24) is 14.9 Å². The molecule has 0 radical (unpaired) electrons. The number of rotatable bonds is 1. The molecule has 0 unspecified atom stereocenters. The lowest BCUT2D eigenvalue weighted by molar-refractivity contribution is 0.0204. The summed E-state index contributed by atoms with van der Waals surface area (Å²) in [6, 6.07) is 0. The summed E-state index contributed by atoms with van der Waals surface area (Å²) in [7, 11) is 0. The van der Waals surface area contributed by atoms with Gasteiger partial charge in [-0.05, 0) is 40.5 Å². The van der Waals surface area contributed by atoms with Gasteiger partial charge in [0.05, 0.1) is 16.4 Å². The van der Waals surface area contributed by atoms with Gasteiger partial charge in [-0.1, -0.05) is 11.6 Å². The van der Waals surface area contributed by atoms with Crippen molar-refractivity contribution in [3.8, 4) is 0 Å². The minimum absolute atomic E-state index is 0.245. The monoisotopic (exact) mass is 311 g/mol. The Kier molecular flexibility index (Phi) is 4.71. The molecule has 21 heavy (non-hydrogen) atoms. The van der Waals surface area contributed by atoms with E-state index in [4.69, 9.17) is 16.3 Å². The molecule has 5 nitrogen and oxygen atoms in total. The predicted molar refractivity (Wildman–Crippen MR) is 81.6 cm³/mol. The van der Waals surface area contributed by atoms with Crippen molar-refractivity contribution < 1.29 is 9.53 Å². The first kappa shape index (κ1) is 16.0. The van der Waals surface area contributed by atoms with E-state index in [-0.39, 0.29) is 12.0 Å². The molecule has 2 rings (SSSR count). The fraction of sp³-hybridized carbons (Fsp3) is 0.667. The number of aryl methyl sites for hydroxylation is 1. The van der Waals surface area contributed by atoms with Gasteiger partial charge in [-0.2, -0.15) is 0 Å². The number of carbonyl (C=O) groups excluding carboxylic acids is 1. The zero-order valence-electron chi connectivity index (χ0n) is 13.0. The molecule has 116 valence electrons. The molecule has 2 heterocycles. The number of piperidine rings is 1. The highest BCUT2D eigenvalue weighted by Crippen LogP contribution is 2.32. The molecular formula is C15H22ClN3O2. The van der Waals surface area contributed by atoms with E-state index < -0.39 is 5.60 Å². The minimum Gasteiger partial charge on any atom is -0.444 e. The van der Waals surface area contributed by atoms with Crippen LogP contribution < -0.4 is 0 Å². The molecule has 0 saturated carbocycles. The smallest absolute Gasteiger partial charge is 0.410 e. The van der Waals surface area contributed by atoms with Crippen LogP contribution in [0.25, 0.3) is 0 Å². The van der Waals surface area contributed by atoms with E-state index in [0.717, 1.165) is 24.2 Å². The van der Waals surface area contributed by atoms with Crippen LogP contribution in [-0.2, 0) is 4.74 Å². The Morgan fingerprint density at radius 2 is 1.95 bits per heavy atom. The molecule has 1 fully saturated rings. The number of nitrogens with zero attached hydrogens (tertiary/aromatic N) is 3. The van der Waals surface area contributed by atoms with E-state index in [1.807, 2.05) is 27.7 Å². The predicted octanol–water partition coefficient (Wildman–Crippen LogP) is 3.55. The van der Waals surface area contributed by atoms with Gasteiger partial charge < -0.3 is 9.64 Å². The third-order valence-corrected chi connectivity index (χ3v) is 3.99. The Morgan fingerprint density at radius 1 is 1.33 bits per heavy atom. The summed E-state index contributed by atoms with van der Waals surface area (Å²) in [5, 5.41) is 0.646. The van der Waals surface area contributed by atoms with Crippen LogP contribution in [-0.4, -0.2) is 39.7 Å². The van der Waals surface area contributed by atoms with Crippen LogP contribution >= 0.6 is 11.6 Å². The molecule has 6 heteroatoms. The Morgan fingerprint density at radius 3 is 2.52 bits per heavy atom. The van der Waals surface area contributed by atoms with Crippen LogP contribution in [0.1, 0.15) is 50.9 Å². The molecule has 0 N–H and O–H groups in total. The second-order valence-corrected chi connectivity index (χ2v) is 6.78. The summed E-state index contributed by atoms with van der Waals surface area (Å²) in [4.78, 5) is 22.2. The van der Waals surface area contributed by atoms with E-state index in [0.29, 0.717) is 18.1 Å². The van der Waals surface area contributed by atoms with E-state index in [1.165, 1.54) is 0 Å². The van der Waals surface area contributed by atoms with Crippen molar-refractivity contribution in [1.29, 1.82) is 0 Å². The maximum Gasteiger partial charge on any atom is 0.410 e. The van der Waals surface area contributed by atoms with Crippen LogP contribution in [0.4, 0.5) is 4.79 Å². The highest BCUT2D eigenvalue weighted by molar-refractivity contribution is 6.31. The van der Waals surface area contributed by atoms with Crippen molar-refractivity contribution in [3.63, 3.8) is 0 Å². The largest absolute Gasteiger partial charge is 0.444 e. The van der Waals surface area contributed by atoms with Crippen LogP contribution in [0.2, 0.25) is 5.02 Å². The Hall–Kier alpha value is -1.36. The molecule has 1 aromatic rings. The molecular weight excluding hydrogens is 290 g/mol. The first-order chi connectivity index (χ1) is 9.78. The number of halogens is 1. The van der Waals surface area contributed by atoms with Crippen molar-refractivity contribution >= 4 is 17.7 Å². The van der Waals surface area contributed by atoms with Crippen molar-refractivity contribution in [2.75, 3.05) is 13.1 Å². The standard InChI is InChI=1S/C15H22ClN3O2/c1-10-12(16)13(18-9-17-10)11-5-7-19(8-6-11)14(20)21-15(2,3)4/h9,11H,5-8H2,1-4H3. The number of hydrogen-bond donors (Lipinski definition) is 0. The van der Waals surface area contributed by atoms with E-state index in [2.05, 4.69) is 9.97 Å². The normalized spacial score (nSPS) is 16.9. The molecule has 0 atom stereocenters. The summed E-state index contributed by atoms with van der Waals surface area (Å²) in [5.74, 6) is 0.276. The maximum absolute atomic E-state index is 12.0. The van der Waals surface area contributed by atoms with Gasteiger partial charge in [0.1, 0.15) is 11.9 Å². The number of amides is 1. The molecule has 0 aliphatic carbocycles. The SMILES string of the molecule is Cc1ncnc(C2CCN(C(=O)OC(C)(C)C)CC2)c1Cl. The van der Waals surface area contributed by atoms with Crippen LogP contribution in [0, 0.1) is 6.92 Å². The van der Waals surface area contributed by atoms with Gasteiger partial charge in [0.2, 0.25) is 0 Å². The summed E-state index contributed by atoms with van der Waals surface area (Å²) >= 11 is 6.28. The first-order valence-corrected chi connectivity index (χ1v) is 7.60. The Bertz CT molecular complexity index is 520. The number of aromatic nitrogens is 2. The number of hydrogen-bond acceptors (Lipinski definition) is 4. The maximum atomic E-state index is 12.0. The summed E-state index contributed by atoms with van der Waals surface area (Å²) in [6.45, 7) is 8.84. The van der Waals surface area contributed by atoms with Gasteiger partial charge in [0.25, 0.3) is 0 Å². The Labute approximate surface area is 130 Å². The molecule has 0 spiro atoms. The summed E-state index contributed by atoms with van der Waals surface area (Å²) in [5.41, 5.74) is 1.24. The Balaban J connectivity index is 1.97. The average Bonchev–Trinajstić information content (AvgIpc) is 2.40. The van der Waals surface area contributed by atoms with Crippen molar-refractivity contribution in [2.24, 2.45) is 0 Å². The third kappa shape index (κ3) is 4.06. The van der Waals surface area contributed by atoms with Gasteiger partial charge in [-0.3, -0.25) is 0 Å². The highest BCUT2D eigenvalue weighted by Gasteiger charge is 2.29. The van der Waals surface area contributed by atoms with Gasteiger partial charge in [0.15, 0.2) is 0 Å². The lowest BCUT2D eigenvalue weighted by Gasteiger charge is -2.33.